The zero-order chi connectivity index (χ0) is 13.9. The molecule has 4 nitrogen and oxygen atoms in total. The summed E-state index contributed by atoms with van der Waals surface area (Å²) in [5.41, 5.74) is 5.37. The van der Waals surface area contributed by atoms with Crippen LogP contribution < -0.4 is 10.5 Å². The van der Waals surface area contributed by atoms with Gasteiger partial charge in [-0.05, 0) is 49.0 Å². The second-order valence-corrected chi connectivity index (χ2v) is 7.66. The molecule has 1 aromatic heterocycles. The van der Waals surface area contributed by atoms with Gasteiger partial charge >= 0.3 is 0 Å². The van der Waals surface area contributed by atoms with Gasteiger partial charge in [0.15, 0.2) is 0 Å². The molecule has 0 amide bonds. The summed E-state index contributed by atoms with van der Waals surface area (Å²) in [6, 6.07) is 7.00. The lowest BCUT2D eigenvalue weighted by molar-refractivity contribution is 0.579. The average Bonchev–Trinajstić information content (AvgIpc) is 2.78. The van der Waals surface area contributed by atoms with Gasteiger partial charge < -0.3 is 5.73 Å². The van der Waals surface area contributed by atoms with Crippen molar-refractivity contribution < 1.29 is 8.42 Å². The third-order valence-corrected chi connectivity index (χ3v) is 5.93. The first kappa shape index (κ1) is 14.7. The Morgan fingerprint density at radius 1 is 1.26 bits per heavy atom. The summed E-state index contributed by atoms with van der Waals surface area (Å²) in [6.07, 6.45) is 1.55. The Labute approximate surface area is 121 Å². The van der Waals surface area contributed by atoms with Crippen LogP contribution in [0.5, 0.6) is 0 Å². The number of fused-ring (bicyclic) bond motifs is 1. The highest BCUT2D eigenvalue weighted by Crippen LogP contribution is 2.30. The first-order valence-electron chi connectivity index (χ1n) is 5.92. The molecule has 104 valence electrons. The van der Waals surface area contributed by atoms with Gasteiger partial charge in [-0.15, -0.1) is 11.3 Å². The van der Waals surface area contributed by atoms with Gasteiger partial charge in [0.05, 0.1) is 0 Å². The number of halogens is 1. The Balaban J connectivity index is 2.18. The molecule has 0 radical (unpaired) electrons. The smallest absolute Gasteiger partial charge is 0.250 e. The van der Waals surface area contributed by atoms with Crippen molar-refractivity contribution in [2.45, 2.75) is 17.1 Å². The molecule has 0 aliphatic rings. The molecule has 0 atom stereocenters. The number of unbranched alkanes of at least 4 members (excludes halogenated alkanes) is 1. The van der Waals surface area contributed by atoms with E-state index in [4.69, 9.17) is 17.3 Å². The molecule has 1 heterocycles. The molecule has 0 bridgehead atoms. The van der Waals surface area contributed by atoms with E-state index >= 15 is 0 Å². The first-order valence-corrected chi connectivity index (χ1v) is 8.59. The normalized spacial score (nSPS) is 12.1. The standard InChI is InChI=1S/C12H15ClN2O2S2/c13-10-3-4-11-9(7-10)8-12(18-11)19(16,17)15-6-2-1-5-14/h3-4,7-8,15H,1-2,5-6,14H2. The number of nitrogens with two attached hydrogens (primary N) is 1. The molecule has 3 N–H and O–H groups in total. The lowest BCUT2D eigenvalue weighted by Gasteiger charge is -2.03. The van der Waals surface area contributed by atoms with Crippen molar-refractivity contribution in [3.63, 3.8) is 0 Å². The minimum absolute atomic E-state index is 0.317. The lowest BCUT2D eigenvalue weighted by atomic mass is 10.3. The van der Waals surface area contributed by atoms with Crippen LogP contribution in [0.4, 0.5) is 0 Å². The second-order valence-electron chi connectivity index (χ2n) is 4.14. The number of sulfonamides is 1. The number of hydrogen-bond acceptors (Lipinski definition) is 4. The van der Waals surface area contributed by atoms with Gasteiger partial charge in [-0.2, -0.15) is 0 Å². The number of thiophene rings is 1. The summed E-state index contributed by atoms with van der Waals surface area (Å²) in [6.45, 7) is 0.984. The Morgan fingerprint density at radius 3 is 2.79 bits per heavy atom. The Morgan fingerprint density at radius 2 is 2.05 bits per heavy atom. The Hall–Kier alpha value is -0.660. The van der Waals surface area contributed by atoms with E-state index in [0.29, 0.717) is 22.3 Å². The van der Waals surface area contributed by atoms with E-state index < -0.39 is 10.0 Å². The maximum absolute atomic E-state index is 12.1. The third-order valence-electron chi connectivity index (χ3n) is 2.64. The van der Waals surface area contributed by atoms with Gasteiger partial charge in [0.1, 0.15) is 4.21 Å². The van der Waals surface area contributed by atoms with Crippen LogP contribution in [-0.4, -0.2) is 21.5 Å². The molecule has 7 heteroatoms. The highest BCUT2D eigenvalue weighted by Gasteiger charge is 2.16. The fraction of sp³-hybridized carbons (Fsp3) is 0.333. The van der Waals surface area contributed by atoms with Crippen LogP contribution in [0.2, 0.25) is 5.02 Å². The van der Waals surface area contributed by atoms with Crippen LogP contribution >= 0.6 is 22.9 Å². The SMILES string of the molecule is NCCCCNS(=O)(=O)c1cc2cc(Cl)ccc2s1. The van der Waals surface area contributed by atoms with Crippen molar-refractivity contribution in [3.05, 3.63) is 29.3 Å². The van der Waals surface area contributed by atoms with Crippen LogP contribution in [0, 0.1) is 0 Å². The highest BCUT2D eigenvalue weighted by molar-refractivity contribution is 7.91. The molecule has 0 fully saturated rings. The van der Waals surface area contributed by atoms with E-state index in [1.165, 1.54) is 11.3 Å². The Kier molecular flexibility index (Phi) is 4.81. The van der Waals surface area contributed by atoms with Crippen molar-refractivity contribution in [2.75, 3.05) is 13.1 Å². The molecule has 19 heavy (non-hydrogen) atoms. The van der Waals surface area contributed by atoms with Crippen LogP contribution in [0.15, 0.2) is 28.5 Å². The predicted octanol–water partition coefficient (Wildman–Crippen LogP) is 2.57. The summed E-state index contributed by atoms with van der Waals surface area (Å²) < 4.78 is 28.0. The molecule has 0 unspecified atom stereocenters. The lowest BCUT2D eigenvalue weighted by Crippen LogP contribution is -2.24. The molecule has 2 aromatic rings. The number of benzene rings is 1. The molecular formula is C12H15ClN2O2S2. The number of hydrogen-bond donors (Lipinski definition) is 2. The molecule has 1 aromatic carbocycles. The number of rotatable bonds is 6. The van der Waals surface area contributed by atoms with E-state index in [2.05, 4.69) is 4.72 Å². The molecule has 0 spiro atoms. The van der Waals surface area contributed by atoms with Crippen LogP contribution in [0.1, 0.15) is 12.8 Å². The second kappa shape index (κ2) is 6.19. The monoisotopic (exact) mass is 318 g/mol. The summed E-state index contributed by atoms with van der Waals surface area (Å²) in [5.74, 6) is 0. The zero-order valence-electron chi connectivity index (χ0n) is 10.2. The summed E-state index contributed by atoms with van der Waals surface area (Å²) in [7, 11) is -3.43. The summed E-state index contributed by atoms with van der Waals surface area (Å²) >= 11 is 7.13. The zero-order valence-corrected chi connectivity index (χ0v) is 12.6. The maximum Gasteiger partial charge on any atom is 0.250 e. The Bertz CT molecular complexity index is 667. The van der Waals surface area contributed by atoms with Gasteiger partial charge in [-0.25, -0.2) is 13.1 Å². The molecule has 0 saturated carbocycles. The quantitative estimate of drug-likeness (QED) is 0.804. The average molecular weight is 319 g/mol. The van der Waals surface area contributed by atoms with E-state index in [1.807, 2.05) is 6.07 Å². The maximum atomic E-state index is 12.1. The van der Waals surface area contributed by atoms with Gasteiger partial charge in [0, 0.05) is 16.3 Å². The van der Waals surface area contributed by atoms with E-state index in [1.54, 1.807) is 18.2 Å². The van der Waals surface area contributed by atoms with Crippen molar-refractivity contribution in [1.82, 2.24) is 4.72 Å². The minimum Gasteiger partial charge on any atom is -0.330 e. The van der Waals surface area contributed by atoms with Gasteiger partial charge in [-0.3, -0.25) is 0 Å². The summed E-state index contributed by atoms with van der Waals surface area (Å²) in [5, 5.41) is 1.45. The van der Waals surface area contributed by atoms with E-state index in [9.17, 15) is 8.42 Å². The fourth-order valence-electron chi connectivity index (χ4n) is 1.67. The van der Waals surface area contributed by atoms with Crippen LogP contribution in [0.25, 0.3) is 10.1 Å². The third kappa shape index (κ3) is 3.67. The predicted molar refractivity (Wildman–Crippen MR) is 80.3 cm³/mol. The van der Waals surface area contributed by atoms with E-state index in [0.717, 1.165) is 22.9 Å². The van der Waals surface area contributed by atoms with E-state index in [-0.39, 0.29) is 0 Å². The van der Waals surface area contributed by atoms with Crippen LogP contribution in [0.3, 0.4) is 0 Å². The van der Waals surface area contributed by atoms with Gasteiger partial charge in [-0.1, -0.05) is 11.6 Å². The molecule has 0 aliphatic carbocycles. The van der Waals surface area contributed by atoms with Crippen LogP contribution in [-0.2, 0) is 10.0 Å². The fourth-order valence-corrected chi connectivity index (χ4v) is 4.35. The molecular weight excluding hydrogens is 304 g/mol. The molecule has 0 saturated heterocycles. The van der Waals surface area contributed by atoms with Gasteiger partial charge in [0.2, 0.25) is 10.0 Å². The topological polar surface area (TPSA) is 72.2 Å². The van der Waals surface area contributed by atoms with Crippen molar-refractivity contribution in [2.24, 2.45) is 5.73 Å². The van der Waals surface area contributed by atoms with Crippen molar-refractivity contribution in [1.29, 1.82) is 0 Å². The largest absolute Gasteiger partial charge is 0.330 e. The van der Waals surface area contributed by atoms with Crippen molar-refractivity contribution >= 4 is 43.0 Å². The first-order chi connectivity index (χ1) is 9.03. The highest BCUT2D eigenvalue weighted by atomic mass is 35.5. The minimum atomic E-state index is -3.43. The molecule has 0 aliphatic heterocycles. The number of nitrogens with one attached hydrogen (secondary N) is 1. The van der Waals surface area contributed by atoms with Crippen molar-refractivity contribution in [3.8, 4) is 0 Å². The van der Waals surface area contributed by atoms with Gasteiger partial charge in [0.25, 0.3) is 0 Å². The molecule has 2 rings (SSSR count). The summed E-state index contributed by atoms with van der Waals surface area (Å²) in [4.78, 5) is 0.